The van der Waals surface area contributed by atoms with E-state index in [1.807, 2.05) is 24.3 Å². The minimum absolute atomic E-state index is 0.144. The quantitative estimate of drug-likeness (QED) is 0.157. The summed E-state index contributed by atoms with van der Waals surface area (Å²) < 4.78 is 0. The molecule has 2 atom stereocenters. The van der Waals surface area contributed by atoms with Crippen LogP contribution in [0.5, 0.6) is 11.5 Å². The van der Waals surface area contributed by atoms with Crippen molar-refractivity contribution in [2.45, 2.75) is 37.9 Å². The van der Waals surface area contributed by atoms with Crippen molar-refractivity contribution in [3.8, 4) is 11.5 Å². The van der Waals surface area contributed by atoms with Crippen LogP contribution in [0.25, 0.3) is 64.6 Å². The lowest BCUT2D eigenvalue weighted by Gasteiger charge is -2.34. The number of hydrogen-bond acceptors (Lipinski definition) is 4. The number of rotatable bonds is 4. The highest BCUT2D eigenvalue weighted by molar-refractivity contribution is 6.24. The van der Waals surface area contributed by atoms with Crippen molar-refractivity contribution in [3.63, 3.8) is 0 Å². The van der Waals surface area contributed by atoms with Crippen LogP contribution in [0, 0.1) is 11.8 Å². The van der Waals surface area contributed by atoms with Gasteiger partial charge < -0.3 is 20.4 Å². The van der Waals surface area contributed by atoms with E-state index in [2.05, 4.69) is 72.8 Å². The van der Waals surface area contributed by atoms with E-state index < -0.39 is 12.2 Å². The lowest BCUT2D eigenvalue weighted by molar-refractivity contribution is 0.0327. The van der Waals surface area contributed by atoms with Gasteiger partial charge in [0.2, 0.25) is 0 Å². The van der Waals surface area contributed by atoms with Crippen LogP contribution in [0.4, 0.5) is 0 Å². The predicted molar refractivity (Wildman–Crippen MR) is 179 cm³/mol. The smallest absolute Gasteiger partial charge is 0.116 e. The molecular weight excluding hydrogens is 544 g/mol. The molecule has 0 aliphatic heterocycles. The van der Waals surface area contributed by atoms with E-state index in [1.54, 1.807) is 0 Å². The number of phenols is 2. The average molecular weight is 577 g/mol. The highest BCUT2D eigenvalue weighted by Crippen LogP contribution is 2.45. The molecule has 1 saturated carbocycles. The first kappa shape index (κ1) is 25.8. The largest absolute Gasteiger partial charge is 0.508 e. The van der Waals surface area contributed by atoms with Gasteiger partial charge in [0.15, 0.2) is 0 Å². The van der Waals surface area contributed by atoms with Gasteiger partial charge in [-0.1, -0.05) is 48.5 Å². The maximum atomic E-state index is 11.6. The van der Waals surface area contributed by atoms with Gasteiger partial charge >= 0.3 is 0 Å². The molecule has 4 nitrogen and oxygen atoms in total. The average Bonchev–Trinajstić information content (AvgIpc) is 3.04. The summed E-state index contributed by atoms with van der Waals surface area (Å²) in [6, 6.07) is 32.3. The van der Waals surface area contributed by atoms with E-state index in [4.69, 9.17) is 0 Å². The molecule has 4 N–H and O–H groups in total. The third-order valence-electron chi connectivity index (χ3n) is 10.5. The van der Waals surface area contributed by atoms with Crippen molar-refractivity contribution >= 4 is 64.6 Å². The van der Waals surface area contributed by atoms with Crippen molar-refractivity contribution in [1.29, 1.82) is 0 Å². The fraction of sp³-hybridized carbons (Fsp3) is 0.200. The summed E-state index contributed by atoms with van der Waals surface area (Å²) in [4.78, 5) is 0. The minimum atomic E-state index is -0.559. The van der Waals surface area contributed by atoms with Crippen molar-refractivity contribution < 1.29 is 20.4 Å². The van der Waals surface area contributed by atoms with E-state index in [9.17, 15) is 20.4 Å². The molecule has 1 aliphatic carbocycles. The third-order valence-corrected chi connectivity index (χ3v) is 10.5. The van der Waals surface area contributed by atoms with Crippen LogP contribution >= 0.6 is 0 Å². The molecule has 9 rings (SSSR count). The van der Waals surface area contributed by atoms with Crippen LogP contribution in [0.2, 0.25) is 0 Å². The van der Waals surface area contributed by atoms with E-state index in [0.717, 1.165) is 90.7 Å². The van der Waals surface area contributed by atoms with Gasteiger partial charge in [-0.15, -0.1) is 0 Å². The Bertz CT molecular complexity index is 2060. The molecule has 0 saturated heterocycles. The fourth-order valence-corrected chi connectivity index (χ4v) is 8.35. The zero-order chi connectivity index (χ0) is 29.7. The molecule has 4 heteroatoms. The molecule has 1 aliphatic rings. The van der Waals surface area contributed by atoms with Crippen LogP contribution in [-0.2, 0) is 0 Å². The monoisotopic (exact) mass is 576 g/mol. The Hall–Kier alpha value is -4.64. The van der Waals surface area contributed by atoms with Gasteiger partial charge in [-0.05, 0) is 162 Å². The standard InChI is InChI=1S/C40H32O4/c41-33-17-27-9-5-23-13-31(14-24-6-10-28(18-33)37(27)35(23)24)39(43)21-1-2-22(4-3-21)40(44)32-15-25-7-11-29-19-34(42)20-30-12-8-26(16-32)36(25)38(29)30/h5-22,39-44H,1-4H2. The second-order valence-corrected chi connectivity index (χ2v) is 13.0. The maximum absolute atomic E-state index is 11.6. The number of aromatic hydroxyl groups is 2. The fourth-order valence-electron chi connectivity index (χ4n) is 8.35. The van der Waals surface area contributed by atoms with E-state index >= 15 is 0 Å². The zero-order valence-corrected chi connectivity index (χ0v) is 24.2. The first-order valence-corrected chi connectivity index (χ1v) is 15.6. The summed E-state index contributed by atoms with van der Waals surface area (Å²) >= 11 is 0. The second-order valence-electron chi connectivity index (χ2n) is 13.0. The molecule has 8 aromatic carbocycles. The Balaban J connectivity index is 0.974. The lowest BCUT2D eigenvalue weighted by Crippen LogP contribution is -2.24. The molecule has 2 unspecified atom stereocenters. The van der Waals surface area contributed by atoms with Crippen LogP contribution in [0.15, 0.2) is 97.1 Å². The van der Waals surface area contributed by atoms with Crippen molar-refractivity contribution in [1.82, 2.24) is 0 Å². The van der Waals surface area contributed by atoms with Gasteiger partial charge in [0, 0.05) is 0 Å². The molecule has 0 bridgehead atoms. The Labute approximate surface area is 254 Å². The van der Waals surface area contributed by atoms with Gasteiger partial charge in [0.1, 0.15) is 11.5 Å². The molecule has 0 amide bonds. The van der Waals surface area contributed by atoms with E-state index in [0.29, 0.717) is 0 Å². The number of benzene rings is 8. The summed E-state index contributed by atoms with van der Waals surface area (Å²) in [6.45, 7) is 0. The molecule has 8 aromatic rings. The predicted octanol–water partition coefficient (Wildman–Crippen LogP) is 9.47. The summed E-state index contributed by atoms with van der Waals surface area (Å²) in [6.07, 6.45) is 2.35. The van der Waals surface area contributed by atoms with Crippen LogP contribution in [0.1, 0.15) is 49.0 Å². The van der Waals surface area contributed by atoms with E-state index in [-0.39, 0.29) is 23.3 Å². The highest BCUT2D eigenvalue weighted by atomic mass is 16.3. The SMILES string of the molecule is Oc1cc2ccc3cc(C(O)C4CCC(C(O)c5cc6ccc7cc(O)cc8ccc(c5)c6c78)CC4)cc4ccc(c1)c2c34. The maximum Gasteiger partial charge on any atom is 0.116 e. The van der Waals surface area contributed by atoms with Gasteiger partial charge in [-0.3, -0.25) is 0 Å². The van der Waals surface area contributed by atoms with Gasteiger partial charge in [0.25, 0.3) is 0 Å². The summed E-state index contributed by atoms with van der Waals surface area (Å²) in [5.41, 5.74) is 1.89. The molecule has 0 spiro atoms. The Morgan fingerprint density at radius 2 is 0.614 bits per heavy atom. The molecule has 44 heavy (non-hydrogen) atoms. The van der Waals surface area contributed by atoms with Crippen LogP contribution in [0.3, 0.4) is 0 Å². The van der Waals surface area contributed by atoms with Crippen molar-refractivity contribution in [2.24, 2.45) is 11.8 Å². The molecule has 1 fully saturated rings. The minimum Gasteiger partial charge on any atom is -0.508 e. The van der Waals surface area contributed by atoms with Crippen molar-refractivity contribution in [3.05, 3.63) is 108 Å². The van der Waals surface area contributed by atoms with Gasteiger partial charge in [-0.25, -0.2) is 0 Å². The summed E-state index contributed by atoms with van der Waals surface area (Å²) in [5.74, 6) is 0.832. The molecule has 0 heterocycles. The van der Waals surface area contributed by atoms with Gasteiger partial charge in [-0.2, -0.15) is 0 Å². The highest BCUT2D eigenvalue weighted by Gasteiger charge is 2.32. The third kappa shape index (κ3) is 3.84. The Kier molecular flexibility index (Phi) is 5.53. The first-order valence-electron chi connectivity index (χ1n) is 15.6. The van der Waals surface area contributed by atoms with Crippen molar-refractivity contribution in [2.75, 3.05) is 0 Å². The number of phenolic OH excluding ortho intramolecular Hbond substituents is 2. The first-order chi connectivity index (χ1) is 21.4. The normalized spacial score (nSPS) is 19.2. The Morgan fingerprint density at radius 3 is 0.864 bits per heavy atom. The van der Waals surface area contributed by atoms with Crippen LogP contribution < -0.4 is 0 Å². The summed E-state index contributed by atoms with van der Waals surface area (Å²) in [5, 5.41) is 56.6. The molecule has 216 valence electrons. The second kappa shape index (κ2) is 9.43. The van der Waals surface area contributed by atoms with Crippen LogP contribution in [-0.4, -0.2) is 20.4 Å². The molecular formula is C40H32O4. The van der Waals surface area contributed by atoms with Gasteiger partial charge in [0.05, 0.1) is 12.2 Å². The zero-order valence-electron chi connectivity index (χ0n) is 24.2. The molecule has 0 radical (unpaired) electrons. The lowest BCUT2D eigenvalue weighted by atomic mass is 9.74. The number of aliphatic hydroxyl groups excluding tert-OH is 2. The number of aliphatic hydroxyl groups is 2. The number of hydrogen-bond donors (Lipinski definition) is 4. The topological polar surface area (TPSA) is 80.9 Å². The van der Waals surface area contributed by atoms with E-state index in [1.165, 1.54) is 10.8 Å². The summed E-state index contributed by atoms with van der Waals surface area (Å²) in [7, 11) is 0. The molecule has 0 aromatic heterocycles. The Morgan fingerprint density at radius 1 is 0.386 bits per heavy atom.